The van der Waals surface area contributed by atoms with E-state index < -0.39 is 0 Å². The number of halogens is 1. The van der Waals surface area contributed by atoms with E-state index in [9.17, 15) is 0 Å². The first-order chi connectivity index (χ1) is 7.26. The second kappa shape index (κ2) is 4.64. The maximum Gasteiger partial charge on any atom is 0.0349 e. The monoisotopic (exact) mass is 283 g/mol. The smallest absolute Gasteiger partial charge is 0.0349 e. The van der Waals surface area contributed by atoms with Crippen molar-refractivity contribution in [1.82, 2.24) is 5.32 Å². The molecule has 0 radical (unpaired) electrons. The van der Waals surface area contributed by atoms with Crippen LogP contribution in [0, 0.1) is 0 Å². The van der Waals surface area contributed by atoms with Gasteiger partial charge in [-0.15, -0.1) is 11.3 Å². The highest BCUT2D eigenvalue weighted by Gasteiger charge is 2.09. The van der Waals surface area contributed by atoms with E-state index in [0.29, 0.717) is 0 Å². The molecule has 2 aromatic rings. The van der Waals surface area contributed by atoms with Crippen molar-refractivity contribution in [1.29, 1.82) is 0 Å². The number of benzene rings is 1. The maximum atomic E-state index is 3.53. The van der Waals surface area contributed by atoms with Gasteiger partial charge in [0.1, 0.15) is 0 Å². The number of thiophene rings is 1. The predicted octanol–water partition coefficient (Wildman–Crippen LogP) is 3.95. The first kappa shape index (κ1) is 11.1. The normalized spacial score (nSPS) is 11.1. The minimum atomic E-state index is 0.972. The summed E-state index contributed by atoms with van der Waals surface area (Å²) in [5, 5.41) is 4.64. The van der Waals surface area contributed by atoms with Crippen LogP contribution in [-0.2, 0) is 13.0 Å². The van der Waals surface area contributed by atoms with E-state index in [2.05, 4.69) is 46.4 Å². The Morgan fingerprint density at radius 2 is 2.20 bits per heavy atom. The largest absolute Gasteiger partial charge is 0.315 e. The summed E-state index contributed by atoms with van der Waals surface area (Å²) in [5.74, 6) is 0. The van der Waals surface area contributed by atoms with Gasteiger partial charge in [-0.1, -0.05) is 22.9 Å². The van der Waals surface area contributed by atoms with Gasteiger partial charge in [-0.05, 0) is 42.6 Å². The Balaban J connectivity index is 2.63. The van der Waals surface area contributed by atoms with Gasteiger partial charge in [0, 0.05) is 20.6 Å². The van der Waals surface area contributed by atoms with Gasteiger partial charge in [-0.25, -0.2) is 0 Å². The summed E-state index contributed by atoms with van der Waals surface area (Å²) in [5.41, 5.74) is 1.49. The maximum absolute atomic E-state index is 3.53. The molecule has 1 N–H and O–H groups in total. The zero-order valence-corrected chi connectivity index (χ0v) is 11.3. The molecule has 80 valence electrons. The number of hydrogen-bond acceptors (Lipinski definition) is 2. The number of nitrogens with one attached hydrogen (secondary N) is 1. The SMILES string of the molecule is CCc1c(CNC)sc2ccc(Br)cc12. The van der Waals surface area contributed by atoms with Gasteiger partial charge in [0.15, 0.2) is 0 Å². The average Bonchev–Trinajstić information content (AvgIpc) is 2.55. The summed E-state index contributed by atoms with van der Waals surface area (Å²) < 4.78 is 2.55. The van der Waals surface area contributed by atoms with Crippen molar-refractivity contribution >= 4 is 37.4 Å². The summed E-state index contributed by atoms with van der Waals surface area (Å²) in [7, 11) is 2.00. The second-order valence-corrected chi connectivity index (χ2v) is 5.58. The van der Waals surface area contributed by atoms with Crippen LogP contribution in [-0.4, -0.2) is 7.05 Å². The van der Waals surface area contributed by atoms with Crippen molar-refractivity contribution in [2.45, 2.75) is 19.9 Å². The molecule has 0 aliphatic heterocycles. The van der Waals surface area contributed by atoms with E-state index in [4.69, 9.17) is 0 Å². The first-order valence-corrected chi connectivity index (χ1v) is 6.71. The number of aryl methyl sites for hydroxylation is 1. The fourth-order valence-corrected chi connectivity index (χ4v) is 3.51. The van der Waals surface area contributed by atoms with E-state index in [-0.39, 0.29) is 0 Å². The molecule has 1 heterocycles. The van der Waals surface area contributed by atoms with E-state index >= 15 is 0 Å². The van der Waals surface area contributed by atoms with Crippen LogP contribution in [0.15, 0.2) is 22.7 Å². The Labute approximate surface area is 103 Å². The van der Waals surface area contributed by atoms with Crippen LogP contribution in [0.5, 0.6) is 0 Å². The van der Waals surface area contributed by atoms with Gasteiger partial charge in [0.05, 0.1) is 0 Å². The summed E-state index contributed by atoms with van der Waals surface area (Å²) >= 11 is 5.43. The third-order valence-electron chi connectivity index (χ3n) is 2.53. The molecule has 0 saturated carbocycles. The molecule has 0 atom stereocenters. The van der Waals surface area contributed by atoms with Crippen molar-refractivity contribution in [2.24, 2.45) is 0 Å². The van der Waals surface area contributed by atoms with Crippen molar-refractivity contribution in [3.8, 4) is 0 Å². The van der Waals surface area contributed by atoms with Crippen LogP contribution in [0.25, 0.3) is 10.1 Å². The Bertz CT molecular complexity index is 476. The lowest BCUT2D eigenvalue weighted by Crippen LogP contribution is -2.04. The minimum Gasteiger partial charge on any atom is -0.315 e. The van der Waals surface area contributed by atoms with E-state index in [1.807, 2.05) is 18.4 Å². The quantitative estimate of drug-likeness (QED) is 0.900. The minimum absolute atomic E-state index is 0.972. The Morgan fingerprint density at radius 1 is 1.40 bits per heavy atom. The molecule has 1 nitrogen and oxygen atoms in total. The molecular weight excluding hydrogens is 270 g/mol. The fourth-order valence-electron chi connectivity index (χ4n) is 1.86. The van der Waals surface area contributed by atoms with Crippen molar-refractivity contribution in [2.75, 3.05) is 7.05 Å². The van der Waals surface area contributed by atoms with E-state index in [1.54, 1.807) is 0 Å². The molecule has 2 rings (SSSR count). The number of fused-ring (bicyclic) bond motifs is 1. The number of rotatable bonds is 3. The molecule has 0 aliphatic rings. The highest BCUT2D eigenvalue weighted by Crippen LogP contribution is 2.33. The molecular formula is C12H14BrNS. The van der Waals surface area contributed by atoms with Gasteiger partial charge in [-0.3, -0.25) is 0 Å². The van der Waals surface area contributed by atoms with Crippen LogP contribution >= 0.6 is 27.3 Å². The van der Waals surface area contributed by atoms with Gasteiger partial charge in [0.25, 0.3) is 0 Å². The van der Waals surface area contributed by atoms with Crippen molar-refractivity contribution in [3.63, 3.8) is 0 Å². The fraction of sp³-hybridized carbons (Fsp3) is 0.333. The van der Waals surface area contributed by atoms with E-state index in [0.717, 1.165) is 13.0 Å². The second-order valence-electron chi connectivity index (χ2n) is 3.53. The summed E-state index contributed by atoms with van der Waals surface area (Å²) in [4.78, 5) is 1.47. The van der Waals surface area contributed by atoms with Crippen molar-refractivity contribution < 1.29 is 0 Å². The lowest BCUT2D eigenvalue weighted by Gasteiger charge is -2.00. The van der Waals surface area contributed by atoms with Crippen molar-refractivity contribution in [3.05, 3.63) is 33.1 Å². The molecule has 0 amide bonds. The van der Waals surface area contributed by atoms with Crippen LogP contribution in [0.2, 0.25) is 0 Å². The van der Waals surface area contributed by atoms with Crippen LogP contribution in [0.1, 0.15) is 17.4 Å². The third-order valence-corrected chi connectivity index (χ3v) is 4.23. The standard InChI is InChI=1S/C12H14BrNS/c1-3-9-10-6-8(13)4-5-11(10)15-12(9)7-14-2/h4-6,14H,3,7H2,1-2H3. The Morgan fingerprint density at radius 3 is 2.87 bits per heavy atom. The summed E-state index contributed by atoms with van der Waals surface area (Å²) in [6.07, 6.45) is 1.10. The lowest BCUT2D eigenvalue weighted by atomic mass is 10.1. The van der Waals surface area contributed by atoms with E-state index in [1.165, 1.54) is 25.0 Å². The molecule has 0 bridgehead atoms. The molecule has 1 aromatic heterocycles. The molecule has 0 aliphatic carbocycles. The highest BCUT2D eigenvalue weighted by atomic mass is 79.9. The van der Waals surface area contributed by atoms with Crippen LogP contribution in [0.3, 0.4) is 0 Å². The first-order valence-electron chi connectivity index (χ1n) is 5.10. The summed E-state index contributed by atoms with van der Waals surface area (Å²) in [6.45, 7) is 3.20. The van der Waals surface area contributed by atoms with Gasteiger partial charge in [0.2, 0.25) is 0 Å². The molecule has 15 heavy (non-hydrogen) atoms. The molecule has 1 aromatic carbocycles. The molecule has 0 unspecified atom stereocenters. The Hall–Kier alpha value is -0.380. The number of hydrogen-bond donors (Lipinski definition) is 1. The molecule has 0 saturated heterocycles. The molecule has 0 spiro atoms. The topological polar surface area (TPSA) is 12.0 Å². The lowest BCUT2D eigenvalue weighted by molar-refractivity contribution is 0.822. The van der Waals surface area contributed by atoms with Gasteiger partial charge < -0.3 is 5.32 Å². The molecule has 3 heteroatoms. The average molecular weight is 284 g/mol. The molecule has 0 fully saturated rings. The van der Waals surface area contributed by atoms with Gasteiger partial charge >= 0.3 is 0 Å². The van der Waals surface area contributed by atoms with Crippen LogP contribution in [0.4, 0.5) is 0 Å². The highest BCUT2D eigenvalue weighted by molar-refractivity contribution is 9.10. The summed E-state index contributed by atoms with van der Waals surface area (Å²) in [6, 6.07) is 6.54. The zero-order chi connectivity index (χ0) is 10.8. The zero-order valence-electron chi connectivity index (χ0n) is 8.93. The van der Waals surface area contributed by atoms with Crippen LogP contribution < -0.4 is 5.32 Å². The Kier molecular flexibility index (Phi) is 3.44. The van der Waals surface area contributed by atoms with Gasteiger partial charge in [-0.2, -0.15) is 0 Å². The third kappa shape index (κ3) is 2.10. The predicted molar refractivity (Wildman–Crippen MR) is 71.7 cm³/mol.